The topological polar surface area (TPSA) is 84.1 Å². The van der Waals surface area contributed by atoms with Gasteiger partial charge in [-0.3, -0.25) is 4.79 Å². The summed E-state index contributed by atoms with van der Waals surface area (Å²) in [6.07, 6.45) is 0.0242. The van der Waals surface area contributed by atoms with Gasteiger partial charge in [0, 0.05) is 22.3 Å². The molecule has 0 bridgehead atoms. The number of hydrogen-bond donors (Lipinski definition) is 2. The lowest BCUT2D eigenvalue weighted by atomic mass is 10.1. The number of hydrogen-bond acceptors (Lipinski definition) is 4. The lowest BCUT2D eigenvalue weighted by Crippen LogP contribution is -2.20. The predicted molar refractivity (Wildman–Crippen MR) is 79.9 cm³/mol. The van der Waals surface area contributed by atoms with Crippen LogP contribution in [0.1, 0.15) is 11.3 Å². The van der Waals surface area contributed by atoms with Gasteiger partial charge in [0.2, 0.25) is 5.91 Å². The van der Waals surface area contributed by atoms with Crippen LogP contribution < -0.4 is 15.7 Å². The lowest BCUT2D eigenvalue weighted by molar-refractivity contribution is -0.115. The van der Waals surface area contributed by atoms with Crippen molar-refractivity contribution in [3.05, 3.63) is 51.0 Å². The Labute approximate surface area is 126 Å². The van der Waals surface area contributed by atoms with E-state index < -0.39 is 5.69 Å². The second kappa shape index (κ2) is 6.41. The van der Waals surface area contributed by atoms with Crippen LogP contribution in [0.5, 0.6) is 5.75 Å². The van der Waals surface area contributed by atoms with Crippen LogP contribution in [0.3, 0.4) is 0 Å². The summed E-state index contributed by atoms with van der Waals surface area (Å²) in [6, 6.07) is 6.72. The number of rotatable bonds is 4. The molecule has 0 aliphatic heterocycles. The number of H-pyrrole nitrogens is 1. The first-order chi connectivity index (χ1) is 9.99. The Bertz CT molecular complexity index is 728. The maximum atomic E-state index is 12.0. The number of nitrogens with zero attached hydrogens (tertiary/aromatic N) is 1. The Morgan fingerprint density at radius 2 is 2.24 bits per heavy atom. The van der Waals surface area contributed by atoms with Crippen molar-refractivity contribution in [1.29, 1.82) is 0 Å². The molecule has 0 aliphatic carbocycles. The molecule has 21 heavy (non-hydrogen) atoms. The third kappa shape index (κ3) is 3.82. The number of carbonyl (C=O) groups excluding carboxylic acids is 1. The molecule has 7 heteroatoms. The van der Waals surface area contributed by atoms with Crippen molar-refractivity contribution in [3.8, 4) is 5.75 Å². The van der Waals surface area contributed by atoms with E-state index in [4.69, 9.17) is 16.3 Å². The minimum Gasteiger partial charge on any atom is -0.496 e. The molecule has 2 rings (SSSR count). The number of halogens is 1. The zero-order chi connectivity index (χ0) is 15.4. The quantitative estimate of drug-likeness (QED) is 0.904. The van der Waals surface area contributed by atoms with Gasteiger partial charge < -0.3 is 15.0 Å². The van der Waals surface area contributed by atoms with E-state index in [9.17, 15) is 9.59 Å². The van der Waals surface area contributed by atoms with Crippen LogP contribution in [0, 0.1) is 6.92 Å². The molecule has 0 radical (unpaired) electrons. The Hall–Kier alpha value is -2.34. The average molecular weight is 308 g/mol. The van der Waals surface area contributed by atoms with Gasteiger partial charge in [-0.15, -0.1) is 0 Å². The standard InChI is InChI=1S/C14H14ClN3O3/c1-8-6-12(18-14(20)16-8)17-13(19)7-9-10(15)4-3-5-11(9)21-2/h3-6H,7H2,1-2H3,(H2,16,17,18,19,20). The maximum Gasteiger partial charge on any atom is 0.347 e. The van der Waals surface area contributed by atoms with Crippen LogP contribution in [0.25, 0.3) is 0 Å². The van der Waals surface area contributed by atoms with Gasteiger partial charge in [0.05, 0.1) is 13.5 Å². The largest absolute Gasteiger partial charge is 0.496 e. The van der Waals surface area contributed by atoms with E-state index >= 15 is 0 Å². The molecular weight excluding hydrogens is 294 g/mol. The van der Waals surface area contributed by atoms with Crippen molar-refractivity contribution in [2.24, 2.45) is 0 Å². The van der Waals surface area contributed by atoms with Gasteiger partial charge >= 0.3 is 5.69 Å². The van der Waals surface area contributed by atoms with Crippen LogP contribution in [-0.4, -0.2) is 23.0 Å². The summed E-state index contributed by atoms with van der Waals surface area (Å²) in [5.74, 6) is 0.402. The fraction of sp³-hybridized carbons (Fsp3) is 0.214. The number of benzene rings is 1. The van der Waals surface area contributed by atoms with Gasteiger partial charge in [0.1, 0.15) is 11.6 Å². The van der Waals surface area contributed by atoms with Crippen LogP contribution in [0.4, 0.5) is 5.82 Å². The molecule has 0 saturated heterocycles. The lowest BCUT2D eigenvalue weighted by Gasteiger charge is -2.10. The van der Waals surface area contributed by atoms with Crippen molar-refractivity contribution >= 4 is 23.3 Å². The summed E-state index contributed by atoms with van der Waals surface area (Å²) in [4.78, 5) is 29.5. The zero-order valence-electron chi connectivity index (χ0n) is 11.6. The summed E-state index contributed by atoms with van der Waals surface area (Å²) >= 11 is 6.08. The van der Waals surface area contributed by atoms with Crippen molar-refractivity contribution in [1.82, 2.24) is 9.97 Å². The second-order valence-corrected chi connectivity index (χ2v) is 4.81. The molecule has 110 valence electrons. The normalized spacial score (nSPS) is 10.2. The molecule has 1 amide bonds. The Morgan fingerprint density at radius 3 is 2.90 bits per heavy atom. The highest BCUT2D eigenvalue weighted by atomic mass is 35.5. The number of anilines is 1. The third-order valence-electron chi connectivity index (χ3n) is 2.78. The summed E-state index contributed by atoms with van der Waals surface area (Å²) < 4.78 is 5.18. The minimum absolute atomic E-state index is 0.0242. The molecule has 1 aromatic carbocycles. The number of carbonyl (C=O) groups is 1. The molecule has 2 aromatic rings. The van der Waals surface area contributed by atoms with Gasteiger partial charge in [-0.25, -0.2) is 4.79 Å². The van der Waals surface area contributed by atoms with Gasteiger partial charge in [0.15, 0.2) is 0 Å². The minimum atomic E-state index is -0.513. The fourth-order valence-corrected chi connectivity index (χ4v) is 2.13. The number of methoxy groups -OCH3 is 1. The molecule has 0 spiro atoms. The number of aromatic nitrogens is 2. The first kappa shape index (κ1) is 15.1. The van der Waals surface area contributed by atoms with Crippen molar-refractivity contribution in [3.63, 3.8) is 0 Å². The van der Waals surface area contributed by atoms with E-state index in [-0.39, 0.29) is 18.1 Å². The predicted octanol–water partition coefficient (Wildman–Crippen LogP) is 1.92. The molecule has 2 N–H and O–H groups in total. The molecule has 0 aliphatic rings. The monoisotopic (exact) mass is 307 g/mol. The molecule has 1 aromatic heterocycles. The molecule has 0 atom stereocenters. The molecule has 1 heterocycles. The molecule has 0 unspecified atom stereocenters. The highest BCUT2D eigenvalue weighted by Gasteiger charge is 2.13. The van der Waals surface area contributed by atoms with Gasteiger partial charge in [-0.1, -0.05) is 17.7 Å². The number of aromatic amines is 1. The first-order valence-electron chi connectivity index (χ1n) is 6.19. The van der Waals surface area contributed by atoms with Crippen molar-refractivity contribution in [2.75, 3.05) is 12.4 Å². The summed E-state index contributed by atoms with van der Waals surface area (Å²) in [5, 5.41) is 3.01. The van der Waals surface area contributed by atoms with E-state index in [1.165, 1.54) is 7.11 Å². The van der Waals surface area contributed by atoms with Gasteiger partial charge in [-0.05, 0) is 19.1 Å². The highest BCUT2D eigenvalue weighted by Crippen LogP contribution is 2.26. The molecule has 0 fully saturated rings. The molecule has 6 nitrogen and oxygen atoms in total. The number of nitrogens with one attached hydrogen (secondary N) is 2. The SMILES string of the molecule is COc1cccc(Cl)c1CC(=O)Nc1cc(C)[nH]c(=O)n1. The average Bonchev–Trinajstić information content (AvgIpc) is 2.39. The van der Waals surface area contributed by atoms with E-state index in [0.29, 0.717) is 22.0 Å². The van der Waals surface area contributed by atoms with Crippen LogP contribution >= 0.6 is 11.6 Å². The van der Waals surface area contributed by atoms with E-state index in [0.717, 1.165) is 0 Å². The van der Waals surface area contributed by atoms with Crippen LogP contribution in [0.2, 0.25) is 5.02 Å². The summed E-state index contributed by atoms with van der Waals surface area (Å²) in [5.41, 5.74) is 0.682. The van der Waals surface area contributed by atoms with Crippen LogP contribution in [0.15, 0.2) is 29.1 Å². The molecular formula is C14H14ClN3O3. The number of ether oxygens (including phenoxy) is 1. The number of amides is 1. The van der Waals surface area contributed by atoms with Gasteiger partial charge in [-0.2, -0.15) is 4.98 Å². The Balaban J connectivity index is 2.17. The zero-order valence-corrected chi connectivity index (χ0v) is 12.3. The molecule has 0 saturated carbocycles. The summed E-state index contributed by atoms with van der Waals surface area (Å²) in [7, 11) is 1.51. The number of aryl methyl sites for hydroxylation is 1. The summed E-state index contributed by atoms with van der Waals surface area (Å²) in [6.45, 7) is 1.70. The van der Waals surface area contributed by atoms with Crippen molar-refractivity contribution in [2.45, 2.75) is 13.3 Å². The van der Waals surface area contributed by atoms with Gasteiger partial charge in [0.25, 0.3) is 0 Å². The fourth-order valence-electron chi connectivity index (χ4n) is 1.89. The smallest absolute Gasteiger partial charge is 0.347 e. The Morgan fingerprint density at radius 1 is 1.48 bits per heavy atom. The third-order valence-corrected chi connectivity index (χ3v) is 3.13. The highest BCUT2D eigenvalue weighted by molar-refractivity contribution is 6.31. The second-order valence-electron chi connectivity index (χ2n) is 4.40. The van der Waals surface area contributed by atoms with Crippen LogP contribution in [-0.2, 0) is 11.2 Å². The first-order valence-corrected chi connectivity index (χ1v) is 6.56. The Kier molecular flexibility index (Phi) is 4.59. The maximum absolute atomic E-state index is 12.0. The van der Waals surface area contributed by atoms with E-state index in [1.807, 2.05) is 0 Å². The van der Waals surface area contributed by atoms with Crippen molar-refractivity contribution < 1.29 is 9.53 Å². The van der Waals surface area contributed by atoms with E-state index in [2.05, 4.69) is 15.3 Å². The van der Waals surface area contributed by atoms with E-state index in [1.54, 1.807) is 31.2 Å².